The minimum atomic E-state index is -0.948. The zero-order valence-electron chi connectivity index (χ0n) is 11.2. The van der Waals surface area contributed by atoms with E-state index in [9.17, 15) is 14.0 Å². The number of nitrogens with one attached hydrogen (secondary N) is 1. The molecule has 0 saturated carbocycles. The number of aliphatic carboxylic acids is 1. The van der Waals surface area contributed by atoms with Crippen molar-refractivity contribution in [2.75, 3.05) is 6.54 Å². The molecule has 2 N–H and O–H groups in total. The van der Waals surface area contributed by atoms with Crippen LogP contribution >= 0.6 is 11.6 Å². The summed E-state index contributed by atoms with van der Waals surface area (Å²) < 4.78 is 13.5. The Balaban J connectivity index is 2.58. The van der Waals surface area contributed by atoms with E-state index in [2.05, 4.69) is 5.32 Å². The van der Waals surface area contributed by atoms with Crippen LogP contribution in [-0.2, 0) is 16.0 Å². The highest BCUT2D eigenvalue weighted by Gasteiger charge is 2.18. The largest absolute Gasteiger partial charge is 0.481 e. The van der Waals surface area contributed by atoms with Crippen molar-refractivity contribution in [1.82, 2.24) is 5.32 Å². The molecule has 1 amide bonds. The van der Waals surface area contributed by atoms with E-state index in [0.29, 0.717) is 12.8 Å². The number of hydrogen-bond donors (Lipinski definition) is 2. The third-order valence-corrected chi connectivity index (χ3v) is 3.29. The number of halogens is 2. The normalized spacial score (nSPS) is 11.9. The highest BCUT2D eigenvalue weighted by molar-refractivity contribution is 6.31. The molecule has 1 atom stereocenters. The number of carboxylic acids is 1. The van der Waals surface area contributed by atoms with Gasteiger partial charge in [-0.3, -0.25) is 9.59 Å². The summed E-state index contributed by atoms with van der Waals surface area (Å²) in [5.41, 5.74) is 0.119. The van der Waals surface area contributed by atoms with Crippen LogP contribution in [0.2, 0.25) is 5.02 Å². The lowest BCUT2D eigenvalue weighted by Gasteiger charge is -2.12. The van der Waals surface area contributed by atoms with Crippen molar-refractivity contribution in [3.05, 3.63) is 34.6 Å². The smallest absolute Gasteiger partial charge is 0.308 e. The summed E-state index contributed by atoms with van der Waals surface area (Å²) in [6.45, 7) is 1.91. The summed E-state index contributed by atoms with van der Waals surface area (Å²) in [5.74, 6) is -2.56. The predicted molar refractivity (Wildman–Crippen MR) is 74.2 cm³/mol. The van der Waals surface area contributed by atoms with Crippen molar-refractivity contribution >= 4 is 23.5 Å². The van der Waals surface area contributed by atoms with Gasteiger partial charge >= 0.3 is 5.97 Å². The maximum atomic E-state index is 13.5. The summed E-state index contributed by atoms with van der Waals surface area (Å²) in [6.07, 6.45) is 0.992. The maximum Gasteiger partial charge on any atom is 0.308 e. The van der Waals surface area contributed by atoms with Crippen molar-refractivity contribution < 1.29 is 19.1 Å². The zero-order valence-corrected chi connectivity index (χ0v) is 11.9. The SMILES string of the molecule is CCCC(CNC(=O)Cc1c(F)cccc1Cl)C(=O)O. The molecule has 0 saturated heterocycles. The molecular formula is C14H17ClFNO3. The molecule has 0 aliphatic heterocycles. The van der Waals surface area contributed by atoms with Gasteiger partial charge in [-0.05, 0) is 18.6 Å². The van der Waals surface area contributed by atoms with Gasteiger partial charge in [0, 0.05) is 17.1 Å². The Labute approximate surface area is 121 Å². The van der Waals surface area contributed by atoms with Gasteiger partial charge in [0.15, 0.2) is 0 Å². The van der Waals surface area contributed by atoms with Crippen LogP contribution in [0.25, 0.3) is 0 Å². The molecule has 0 fully saturated rings. The second kappa shape index (κ2) is 7.85. The first-order valence-corrected chi connectivity index (χ1v) is 6.75. The van der Waals surface area contributed by atoms with E-state index in [0.717, 1.165) is 0 Å². The van der Waals surface area contributed by atoms with Crippen molar-refractivity contribution in [2.45, 2.75) is 26.2 Å². The van der Waals surface area contributed by atoms with E-state index in [1.54, 1.807) is 0 Å². The molecule has 1 unspecified atom stereocenters. The molecule has 0 spiro atoms. The number of amides is 1. The molecule has 0 aliphatic carbocycles. The predicted octanol–water partition coefficient (Wildman–Crippen LogP) is 2.64. The Morgan fingerprint density at radius 2 is 2.15 bits per heavy atom. The van der Waals surface area contributed by atoms with Gasteiger partial charge in [0.1, 0.15) is 5.82 Å². The monoisotopic (exact) mass is 301 g/mol. The highest BCUT2D eigenvalue weighted by Crippen LogP contribution is 2.19. The van der Waals surface area contributed by atoms with Crippen LogP contribution in [0.5, 0.6) is 0 Å². The Morgan fingerprint density at radius 1 is 1.45 bits per heavy atom. The van der Waals surface area contributed by atoms with E-state index in [4.69, 9.17) is 16.7 Å². The number of carbonyl (C=O) groups excluding carboxylic acids is 1. The molecule has 1 aromatic rings. The van der Waals surface area contributed by atoms with E-state index >= 15 is 0 Å². The second-order valence-electron chi connectivity index (χ2n) is 4.50. The second-order valence-corrected chi connectivity index (χ2v) is 4.91. The van der Waals surface area contributed by atoms with Gasteiger partial charge in [0.2, 0.25) is 5.91 Å². The topological polar surface area (TPSA) is 66.4 Å². The molecule has 0 aromatic heterocycles. The van der Waals surface area contributed by atoms with Crippen LogP contribution in [0, 0.1) is 11.7 Å². The summed E-state index contributed by atoms with van der Waals surface area (Å²) in [4.78, 5) is 22.7. The summed E-state index contributed by atoms with van der Waals surface area (Å²) in [6, 6.07) is 4.19. The fraction of sp³-hybridized carbons (Fsp3) is 0.429. The summed E-state index contributed by atoms with van der Waals surface area (Å²) in [5, 5.41) is 11.7. The molecule has 0 heterocycles. The fourth-order valence-electron chi connectivity index (χ4n) is 1.82. The van der Waals surface area contributed by atoms with Gasteiger partial charge < -0.3 is 10.4 Å². The standard InChI is InChI=1S/C14H17ClFNO3/c1-2-4-9(14(19)20)8-17-13(18)7-10-11(15)5-3-6-12(10)16/h3,5-6,9H,2,4,7-8H2,1H3,(H,17,18)(H,19,20). The van der Waals surface area contributed by atoms with Crippen LogP contribution in [-0.4, -0.2) is 23.5 Å². The number of carbonyl (C=O) groups is 2. The quantitative estimate of drug-likeness (QED) is 0.813. The Hall–Kier alpha value is -1.62. The van der Waals surface area contributed by atoms with Crippen LogP contribution < -0.4 is 5.32 Å². The Bertz CT molecular complexity index is 473. The first kappa shape index (κ1) is 16.4. The van der Waals surface area contributed by atoms with Crippen LogP contribution in [0.1, 0.15) is 25.3 Å². The molecule has 1 aromatic carbocycles. The Kier molecular flexibility index (Phi) is 6.45. The van der Waals surface area contributed by atoms with Gasteiger partial charge in [0.05, 0.1) is 12.3 Å². The lowest BCUT2D eigenvalue weighted by Crippen LogP contribution is -2.34. The van der Waals surface area contributed by atoms with Gasteiger partial charge in [-0.2, -0.15) is 0 Å². The van der Waals surface area contributed by atoms with E-state index in [1.807, 2.05) is 6.92 Å². The van der Waals surface area contributed by atoms with E-state index < -0.39 is 23.6 Å². The summed E-state index contributed by atoms with van der Waals surface area (Å²) in [7, 11) is 0. The molecule has 6 heteroatoms. The van der Waals surface area contributed by atoms with Crippen molar-refractivity contribution in [1.29, 1.82) is 0 Å². The number of rotatable bonds is 7. The minimum absolute atomic E-state index is 0.0358. The first-order chi connectivity index (χ1) is 9.45. The van der Waals surface area contributed by atoms with Gasteiger partial charge in [0.25, 0.3) is 0 Å². The van der Waals surface area contributed by atoms with Crippen molar-refractivity contribution in [3.8, 4) is 0 Å². The van der Waals surface area contributed by atoms with E-state index in [1.165, 1.54) is 18.2 Å². The average Bonchev–Trinajstić information content (AvgIpc) is 2.38. The van der Waals surface area contributed by atoms with Gasteiger partial charge in [-0.15, -0.1) is 0 Å². The molecule has 0 bridgehead atoms. The highest BCUT2D eigenvalue weighted by atomic mass is 35.5. The molecule has 20 heavy (non-hydrogen) atoms. The molecule has 1 rings (SSSR count). The number of hydrogen-bond acceptors (Lipinski definition) is 2. The number of carboxylic acid groups (broad SMARTS) is 1. The zero-order chi connectivity index (χ0) is 15.1. The van der Waals surface area contributed by atoms with Crippen LogP contribution in [0.15, 0.2) is 18.2 Å². The molecule has 0 radical (unpaired) electrons. The minimum Gasteiger partial charge on any atom is -0.481 e. The Morgan fingerprint density at radius 3 is 2.70 bits per heavy atom. The maximum absolute atomic E-state index is 13.5. The molecule has 110 valence electrons. The lowest BCUT2D eigenvalue weighted by molar-refractivity contribution is -0.141. The van der Waals surface area contributed by atoms with Crippen LogP contribution in [0.4, 0.5) is 4.39 Å². The van der Waals surface area contributed by atoms with Crippen molar-refractivity contribution in [2.24, 2.45) is 5.92 Å². The van der Waals surface area contributed by atoms with Gasteiger partial charge in [-0.1, -0.05) is 31.0 Å². The third kappa shape index (κ3) is 4.81. The van der Waals surface area contributed by atoms with Crippen molar-refractivity contribution in [3.63, 3.8) is 0 Å². The molecule has 4 nitrogen and oxygen atoms in total. The van der Waals surface area contributed by atoms with E-state index in [-0.39, 0.29) is 23.6 Å². The first-order valence-electron chi connectivity index (χ1n) is 6.38. The average molecular weight is 302 g/mol. The van der Waals surface area contributed by atoms with Crippen LogP contribution in [0.3, 0.4) is 0 Å². The third-order valence-electron chi connectivity index (χ3n) is 2.93. The molecule has 0 aliphatic rings. The molecular weight excluding hydrogens is 285 g/mol. The van der Waals surface area contributed by atoms with Gasteiger partial charge in [-0.25, -0.2) is 4.39 Å². The summed E-state index contributed by atoms with van der Waals surface area (Å²) >= 11 is 5.82. The fourth-order valence-corrected chi connectivity index (χ4v) is 2.05. The lowest BCUT2D eigenvalue weighted by atomic mass is 10.0. The number of benzene rings is 1.